The number of hydrogen-bond acceptors (Lipinski definition) is 7. The zero-order valence-corrected chi connectivity index (χ0v) is 29.5. The van der Waals surface area contributed by atoms with Gasteiger partial charge in [0.25, 0.3) is 5.91 Å². The third-order valence-corrected chi connectivity index (χ3v) is 7.87. The van der Waals surface area contributed by atoms with Gasteiger partial charge in [0.1, 0.15) is 52.1 Å². The van der Waals surface area contributed by atoms with Gasteiger partial charge in [0.15, 0.2) is 0 Å². The van der Waals surface area contributed by atoms with Gasteiger partial charge in [-0.3, -0.25) is 9.78 Å². The van der Waals surface area contributed by atoms with Crippen molar-refractivity contribution >= 4 is 34.9 Å². The van der Waals surface area contributed by atoms with Crippen LogP contribution < -0.4 is 16.0 Å². The van der Waals surface area contributed by atoms with Gasteiger partial charge >= 0.3 is 24.3 Å². The summed E-state index contributed by atoms with van der Waals surface area (Å²) in [5.41, 5.74) is -3.51. The second kappa shape index (κ2) is 18.2. The Morgan fingerprint density at radius 3 is 1.83 bits per heavy atom. The van der Waals surface area contributed by atoms with Crippen LogP contribution in [0.5, 0.6) is 0 Å². The molecule has 5 N–H and O–H groups in total. The van der Waals surface area contributed by atoms with E-state index in [-0.39, 0.29) is 48.2 Å². The van der Waals surface area contributed by atoms with Crippen molar-refractivity contribution in [2.24, 2.45) is 0 Å². The van der Waals surface area contributed by atoms with Gasteiger partial charge in [-0.2, -0.15) is 26.3 Å². The Kier molecular flexibility index (Phi) is 14.5. The summed E-state index contributed by atoms with van der Waals surface area (Å²) in [4.78, 5) is 43.1. The summed E-state index contributed by atoms with van der Waals surface area (Å²) in [6.07, 6.45) is -5.72. The van der Waals surface area contributed by atoms with Gasteiger partial charge in [0.2, 0.25) is 0 Å². The minimum atomic E-state index is -4.68. The summed E-state index contributed by atoms with van der Waals surface area (Å²) in [6, 6.07) is 3.77. The zero-order chi connectivity index (χ0) is 42.6. The molecule has 0 radical (unpaired) electrons. The van der Waals surface area contributed by atoms with E-state index in [1.807, 2.05) is 5.32 Å². The summed E-state index contributed by atoms with van der Waals surface area (Å²) >= 11 is 0. The first-order chi connectivity index (χ1) is 26.5. The normalized spacial score (nSPS) is 12.5. The number of hydrogen-bond donors (Lipinski definition) is 5. The van der Waals surface area contributed by atoms with Crippen molar-refractivity contribution in [3.8, 4) is 11.3 Å². The van der Waals surface area contributed by atoms with E-state index in [4.69, 9.17) is 5.11 Å². The number of pyridine rings is 2. The number of carboxylic acid groups (broad SMARTS) is 2. The van der Waals surface area contributed by atoms with Gasteiger partial charge in [0, 0.05) is 53.7 Å². The number of alkyl halides is 6. The van der Waals surface area contributed by atoms with Crippen LogP contribution in [-0.2, 0) is 17.4 Å². The van der Waals surface area contributed by atoms with Crippen LogP contribution in [0.1, 0.15) is 60.2 Å². The lowest BCUT2D eigenvalue weighted by Gasteiger charge is -2.18. The highest BCUT2D eigenvalue weighted by molar-refractivity contribution is 5.97. The fourth-order valence-corrected chi connectivity index (χ4v) is 5.31. The second-order valence-electron chi connectivity index (χ2n) is 12.5. The van der Waals surface area contributed by atoms with Crippen LogP contribution in [0.15, 0.2) is 67.1 Å². The molecule has 0 aliphatic rings. The minimum Gasteiger partial charge on any atom is -0.480 e. The minimum absolute atomic E-state index is 0. The quantitative estimate of drug-likeness (QED) is 0.0823. The fourth-order valence-electron chi connectivity index (χ4n) is 5.31. The van der Waals surface area contributed by atoms with Gasteiger partial charge in [-0.1, -0.05) is 7.43 Å². The van der Waals surface area contributed by atoms with Gasteiger partial charge in [-0.25, -0.2) is 32.1 Å². The number of aromatic nitrogens is 3. The largest absolute Gasteiger partial charge is 0.480 e. The van der Waals surface area contributed by atoms with Crippen molar-refractivity contribution in [3.63, 3.8) is 0 Å². The van der Waals surface area contributed by atoms with Crippen molar-refractivity contribution in [1.82, 2.24) is 19.7 Å². The van der Waals surface area contributed by atoms with Crippen molar-refractivity contribution < 1.29 is 68.5 Å². The lowest BCUT2D eigenvalue weighted by Crippen LogP contribution is -2.43. The van der Waals surface area contributed by atoms with E-state index >= 15 is 0 Å². The Bertz CT molecular complexity index is 2250. The number of aromatic carboxylic acids is 1. The highest BCUT2D eigenvalue weighted by atomic mass is 19.4. The van der Waals surface area contributed by atoms with Gasteiger partial charge in [-0.15, -0.1) is 0 Å². The van der Waals surface area contributed by atoms with Crippen LogP contribution in [0.2, 0.25) is 0 Å². The molecule has 0 spiro atoms. The number of carbonyl (C=O) groups is 3. The Morgan fingerprint density at radius 1 is 0.776 bits per heavy atom. The summed E-state index contributed by atoms with van der Waals surface area (Å²) in [5, 5.41) is 24.9. The molecule has 21 heteroatoms. The van der Waals surface area contributed by atoms with Crippen LogP contribution in [0, 0.1) is 23.3 Å². The summed E-state index contributed by atoms with van der Waals surface area (Å²) < 4.78 is 134. The van der Waals surface area contributed by atoms with E-state index in [1.54, 1.807) is 13.8 Å². The topological polar surface area (TPSA) is 158 Å². The predicted molar refractivity (Wildman–Crippen MR) is 190 cm³/mol. The standard InChI is InChI=1S/C26H22F5N5O3.C10H8F5NO2.CH4/c1-13(2)34-14-10-18(27)21(19(28)11-14)24(37)35-20(25(38)39)12-15-5-6-16(23-33-8-9-36(15)23)22-17(26(29,30)31)4-3-7-32-22;1-4(10(13,14)15)16-5-2-6(11)8(9(17)18)7(12)3-5;/h3-11,13,20,34H,12H2,1-2H3,(H,35,37)(H,38,39);2-4,16H,1H3,(H,17,18);1H4/t20-;4-;/m01./s1. The number of nitrogens with one attached hydrogen (secondary N) is 3. The maximum Gasteiger partial charge on any atom is 0.418 e. The fraction of sp³-hybridized carbons (Fsp3) is 0.270. The molecule has 0 aliphatic heterocycles. The molecule has 2 atom stereocenters. The van der Waals surface area contributed by atoms with Crippen molar-refractivity contribution in [1.29, 1.82) is 0 Å². The van der Waals surface area contributed by atoms with E-state index in [2.05, 4.69) is 20.6 Å². The number of amides is 1. The molecule has 0 saturated carbocycles. The number of halogens is 10. The molecule has 3 aromatic heterocycles. The average Bonchev–Trinajstić information content (AvgIpc) is 3.57. The summed E-state index contributed by atoms with van der Waals surface area (Å²) in [6.45, 7) is 4.27. The molecular formula is C37H34F10N6O5. The Labute approximate surface area is 322 Å². The molecular weight excluding hydrogens is 798 g/mol. The average molecular weight is 833 g/mol. The molecule has 0 unspecified atom stereocenters. The first kappa shape index (κ1) is 46.0. The number of carboxylic acids is 2. The second-order valence-corrected chi connectivity index (χ2v) is 12.5. The number of benzene rings is 2. The molecule has 58 heavy (non-hydrogen) atoms. The van der Waals surface area contributed by atoms with Crippen molar-refractivity contribution in [3.05, 3.63) is 113 Å². The predicted octanol–water partition coefficient (Wildman–Crippen LogP) is 8.60. The van der Waals surface area contributed by atoms with Crippen LogP contribution in [0.4, 0.5) is 55.3 Å². The Hall–Kier alpha value is -6.41. The van der Waals surface area contributed by atoms with E-state index in [0.717, 1.165) is 31.2 Å². The molecule has 3 heterocycles. The molecule has 0 bridgehead atoms. The van der Waals surface area contributed by atoms with Crippen LogP contribution in [0.3, 0.4) is 0 Å². The molecule has 312 valence electrons. The Morgan fingerprint density at radius 2 is 1.33 bits per heavy atom. The highest BCUT2D eigenvalue weighted by Gasteiger charge is 2.37. The molecule has 2 aromatic carbocycles. The number of aliphatic carboxylic acids is 1. The number of anilines is 2. The molecule has 0 saturated heterocycles. The first-order valence-corrected chi connectivity index (χ1v) is 16.3. The maximum absolute atomic E-state index is 14.6. The molecule has 1 amide bonds. The van der Waals surface area contributed by atoms with Gasteiger partial charge in [-0.05, 0) is 69.3 Å². The van der Waals surface area contributed by atoms with Crippen molar-refractivity contribution in [2.75, 3.05) is 10.6 Å². The molecule has 11 nitrogen and oxygen atoms in total. The maximum atomic E-state index is 14.6. The number of nitrogens with zero attached hydrogens (tertiary/aromatic N) is 3. The highest BCUT2D eigenvalue weighted by Crippen LogP contribution is 2.37. The molecule has 5 rings (SSSR count). The lowest BCUT2D eigenvalue weighted by atomic mass is 10.0. The van der Waals surface area contributed by atoms with Crippen molar-refractivity contribution in [2.45, 2.75) is 65.1 Å². The molecule has 0 aliphatic carbocycles. The van der Waals surface area contributed by atoms with E-state index < -0.39 is 87.9 Å². The molecule has 5 aromatic rings. The van der Waals surface area contributed by atoms with E-state index in [9.17, 15) is 63.4 Å². The summed E-state index contributed by atoms with van der Waals surface area (Å²) in [7, 11) is 0. The number of rotatable bonds is 11. The number of fused-ring (bicyclic) bond motifs is 1. The SMILES string of the molecule is C.CC(C)Nc1cc(F)c(C(=O)N[C@@H](Cc2ccc(-c3ncccc3C(F)(F)F)c3nccn23)C(=O)O)c(F)c1.C[C@@H](Nc1cc(F)c(C(=O)O)c(F)c1)C(F)(F)F. The smallest absolute Gasteiger partial charge is 0.418 e. The van der Waals surface area contributed by atoms with Gasteiger partial charge < -0.3 is 30.6 Å². The molecule has 0 fully saturated rings. The van der Waals surface area contributed by atoms with Gasteiger partial charge in [0.05, 0.1) is 11.3 Å². The van der Waals surface area contributed by atoms with E-state index in [1.165, 1.54) is 35.1 Å². The van der Waals surface area contributed by atoms with E-state index in [0.29, 0.717) is 12.1 Å². The van der Waals surface area contributed by atoms with Crippen LogP contribution in [0.25, 0.3) is 16.9 Å². The lowest BCUT2D eigenvalue weighted by molar-refractivity contribution is -0.139. The van der Waals surface area contributed by atoms with Crippen LogP contribution >= 0.6 is 0 Å². The monoisotopic (exact) mass is 832 g/mol. The third kappa shape index (κ3) is 10.9. The Balaban J connectivity index is 0.000000399. The number of carbonyl (C=O) groups excluding carboxylic acids is 1. The first-order valence-electron chi connectivity index (χ1n) is 16.3. The summed E-state index contributed by atoms with van der Waals surface area (Å²) in [5.74, 6) is -9.87. The zero-order valence-electron chi connectivity index (χ0n) is 29.5. The van der Waals surface area contributed by atoms with Crippen LogP contribution in [-0.4, -0.2) is 66.7 Å². The number of imidazole rings is 1. The third-order valence-electron chi connectivity index (χ3n) is 7.87.